The Balaban J connectivity index is 1.97. The second-order valence-electron chi connectivity index (χ2n) is 8.74. The number of benzene rings is 1. The Hall–Kier alpha value is -2.72. The van der Waals surface area contributed by atoms with E-state index in [1.165, 1.54) is 24.1 Å². The van der Waals surface area contributed by atoms with Gasteiger partial charge < -0.3 is 19.3 Å². The molecule has 34 heavy (non-hydrogen) atoms. The Bertz CT molecular complexity index is 1060. The molecule has 2 aromatic rings. The molecule has 1 fully saturated rings. The number of hydrogen-bond donors (Lipinski definition) is 1. The van der Waals surface area contributed by atoms with E-state index in [9.17, 15) is 14.7 Å². The van der Waals surface area contributed by atoms with Crippen LogP contribution in [0.15, 0.2) is 16.9 Å². The van der Waals surface area contributed by atoms with Crippen molar-refractivity contribution >= 4 is 5.97 Å². The average molecular weight is 480 g/mol. The highest BCUT2D eigenvalue weighted by atomic mass is 19.1. The maximum Gasteiger partial charge on any atom is 0.350 e. The van der Waals surface area contributed by atoms with Gasteiger partial charge in [-0.3, -0.25) is 4.57 Å². The fourth-order valence-electron chi connectivity index (χ4n) is 4.46. The summed E-state index contributed by atoms with van der Waals surface area (Å²) in [5, 5.41) is 13.9. The van der Waals surface area contributed by atoms with Crippen LogP contribution in [0, 0.1) is 11.7 Å². The zero-order chi connectivity index (χ0) is 25.0. The number of rotatable bonds is 10. The number of nitrogens with zero attached hydrogens (tertiary/aromatic N) is 3. The second kappa shape index (κ2) is 11.1. The first-order chi connectivity index (χ1) is 16.1. The molecule has 10 heteroatoms. The van der Waals surface area contributed by atoms with E-state index in [4.69, 9.17) is 14.2 Å². The molecule has 1 aromatic heterocycles. The molecule has 1 aliphatic carbocycles. The quantitative estimate of drug-likeness (QED) is 0.509. The SMILES string of the molecule is CCOC(C)OC(C)c1nn(-c2cc(OC(C)C3CCCCC3)c(C(=O)O)cc2F)c(=O)n1C. The zero-order valence-electron chi connectivity index (χ0n) is 20.4. The highest BCUT2D eigenvalue weighted by Gasteiger charge is 2.27. The third-order valence-electron chi connectivity index (χ3n) is 6.31. The van der Waals surface area contributed by atoms with E-state index >= 15 is 4.39 Å². The van der Waals surface area contributed by atoms with Crippen LogP contribution >= 0.6 is 0 Å². The predicted octanol–water partition coefficient (Wildman–Crippen LogP) is 4.22. The number of aromatic nitrogens is 3. The highest BCUT2D eigenvalue weighted by molar-refractivity contribution is 5.91. The number of hydrogen-bond acceptors (Lipinski definition) is 6. The molecule has 3 unspecified atom stereocenters. The second-order valence-corrected chi connectivity index (χ2v) is 8.74. The largest absolute Gasteiger partial charge is 0.489 e. The molecular formula is C24H34FN3O6. The summed E-state index contributed by atoms with van der Waals surface area (Å²) in [5.41, 5.74) is -1.08. The summed E-state index contributed by atoms with van der Waals surface area (Å²) < 4.78 is 34.3. The molecule has 1 N–H and O–H groups in total. The van der Waals surface area contributed by atoms with Crippen LogP contribution in [0.3, 0.4) is 0 Å². The molecular weight excluding hydrogens is 445 g/mol. The summed E-state index contributed by atoms with van der Waals surface area (Å²) in [6, 6.07) is 2.11. The van der Waals surface area contributed by atoms with Gasteiger partial charge in [0.2, 0.25) is 0 Å². The lowest BCUT2D eigenvalue weighted by Gasteiger charge is -2.28. The van der Waals surface area contributed by atoms with Crippen molar-refractivity contribution in [2.24, 2.45) is 13.0 Å². The Morgan fingerprint density at radius 3 is 2.53 bits per heavy atom. The van der Waals surface area contributed by atoms with Crippen LogP contribution in [0.5, 0.6) is 5.75 Å². The summed E-state index contributed by atoms with van der Waals surface area (Å²) in [6.45, 7) is 7.65. The van der Waals surface area contributed by atoms with Gasteiger partial charge >= 0.3 is 11.7 Å². The van der Waals surface area contributed by atoms with Gasteiger partial charge in [-0.05, 0) is 52.5 Å². The average Bonchev–Trinajstić information content (AvgIpc) is 3.09. The molecule has 0 aliphatic heterocycles. The van der Waals surface area contributed by atoms with Crippen LogP contribution < -0.4 is 10.4 Å². The lowest BCUT2D eigenvalue weighted by Crippen LogP contribution is -2.27. The van der Waals surface area contributed by atoms with E-state index in [2.05, 4.69) is 5.10 Å². The summed E-state index contributed by atoms with van der Waals surface area (Å²) in [6.07, 6.45) is 4.01. The number of carboxylic acid groups (broad SMARTS) is 1. The Morgan fingerprint density at radius 1 is 1.24 bits per heavy atom. The van der Waals surface area contributed by atoms with Crippen molar-refractivity contribution in [3.63, 3.8) is 0 Å². The van der Waals surface area contributed by atoms with Gasteiger partial charge in [0.25, 0.3) is 0 Å². The van der Waals surface area contributed by atoms with E-state index < -0.39 is 29.9 Å². The molecule has 188 valence electrons. The fourth-order valence-corrected chi connectivity index (χ4v) is 4.46. The van der Waals surface area contributed by atoms with Gasteiger partial charge in [-0.15, -0.1) is 5.10 Å². The van der Waals surface area contributed by atoms with Crippen molar-refractivity contribution in [2.45, 2.75) is 78.3 Å². The molecule has 0 amide bonds. The monoisotopic (exact) mass is 479 g/mol. The van der Waals surface area contributed by atoms with Crippen molar-refractivity contribution in [3.8, 4) is 11.4 Å². The summed E-state index contributed by atoms with van der Waals surface area (Å²) in [4.78, 5) is 24.7. The molecule has 0 saturated heterocycles. The van der Waals surface area contributed by atoms with Gasteiger partial charge in [0.05, 0.1) is 6.10 Å². The number of ether oxygens (including phenoxy) is 3. The lowest BCUT2D eigenvalue weighted by molar-refractivity contribution is -0.156. The van der Waals surface area contributed by atoms with Crippen LogP contribution in [0.4, 0.5) is 4.39 Å². The Morgan fingerprint density at radius 2 is 1.91 bits per heavy atom. The van der Waals surface area contributed by atoms with Crippen LogP contribution in [0.2, 0.25) is 0 Å². The lowest BCUT2D eigenvalue weighted by atomic mass is 9.86. The van der Waals surface area contributed by atoms with Crippen molar-refractivity contribution in [1.29, 1.82) is 0 Å². The molecule has 1 saturated carbocycles. The zero-order valence-corrected chi connectivity index (χ0v) is 20.4. The Kier molecular flexibility index (Phi) is 8.48. The smallest absolute Gasteiger partial charge is 0.350 e. The first-order valence-electron chi connectivity index (χ1n) is 11.8. The van der Waals surface area contributed by atoms with Crippen molar-refractivity contribution in [1.82, 2.24) is 14.3 Å². The number of aromatic carboxylic acids is 1. The first kappa shape index (κ1) is 25.9. The van der Waals surface area contributed by atoms with E-state index in [1.54, 1.807) is 13.8 Å². The highest BCUT2D eigenvalue weighted by Crippen LogP contribution is 2.32. The van der Waals surface area contributed by atoms with E-state index in [0.29, 0.717) is 12.5 Å². The molecule has 0 radical (unpaired) electrons. The van der Waals surface area contributed by atoms with Crippen LogP contribution in [0.1, 0.15) is 82.1 Å². The molecule has 9 nitrogen and oxygen atoms in total. The topological polar surface area (TPSA) is 105 Å². The van der Waals surface area contributed by atoms with Gasteiger partial charge in [0.15, 0.2) is 12.1 Å². The minimum atomic E-state index is -1.31. The number of carbonyl (C=O) groups is 1. The summed E-state index contributed by atoms with van der Waals surface area (Å²) in [5.74, 6) is -1.62. The molecule has 1 aromatic carbocycles. The molecule has 0 bridgehead atoms. The molecule has 3 rings (SSSR count). The molecule has 1 aliphatic rings. The maximum absolute atomic E-state index is 15.0. The van der Waals surface area contributed by atoms with Crippen LogP contribution in [-0.4, -0.2) is 44.4 Å². The fraction of sp³-hybridized carbons (Fsp3) is 0.625. The third kappa shape index (κ3) is 5.67. The van der Waals surface area contributed by atoms with Crippen molar-refractivity contribution in [2.75, 3.05) is 6.61 Å². The van der Waals surface area contributed by atoms with Gasteiger partial charge in [0.1, 0.15) is 28.9 Å². The number of halogens is 1. The Labute approximate surface area is 198 Å². The van der Waals surface area contributed by atoms with Gasteiger partial charge in [-0.2, -0.15) is 4.68 Å². The molecule has 1 heterocycles. The summed E-state index contributed by atoms with van der Waals surface area (Å²) >= 11 is 0. The minimum absolute atomic E-state index is 0.00958. The van der Waals surface area contributed by atoms with Gasteiger partial charge in [0, 0.05) is 19.7 Å². The number of carboxylic acids is 1. The van der Waals surface area contributed by atoms with Crippen molar-refractivity contribution in [3.05, 3.63) is 39.8 Å². The van der Waals surface area contributed by atoms with Crippen molar-refractivity contribution < 1.29 is 28.5 Å². The molecule has 3 atom stereocenters. The first-order valence-corrected chi connectivity index (χ1v) is 11.8. The van der Waals surface area contributed by atoms with Crippen LogP contribution in [0.25, 0.3) is 5.69 Å². The standard InChI is InChI=1S/C24H34FN3O6/c1-6-32-16(4)33-15(3)22-26-28(24(31)27(22)5)20-13-21(18(23(29)30)12-19(20)25)34-14(2)17-10-8-7-9-11-17/h12-17H,6-11H2,1-5H3,(H,29,30). The maximum atomic E-state index is 15.0. The van der Waals surface area contributed by atoms with E-state index in [0.717, 1.165) is 36.4 Å². The van der Waals surface area contributed by atoms with Crippen LogP contribution in [-0.2, 0) is 16.5 Å². The third-order valence-corrected chi connectivity index (χ3v) is 6.31. The molecule has 0 spiro atoms. The van der Waals surface area contributed by atoms with E-state index in [1.807, 2.05) is 13.8 Å². The van der Waals surface area contributed by atoms with Gasteiger partial charge in [-0.25, -0.2) is 14.0 Å². The van der Waals surface area contributed by atoms with E-state index in [-0.39, 0.29) is 28.9 Å². The van der Waals surface area contributed by atoms with Gasteiger partial charge in [-0.1, -0.05) is 19.3 Å². The minimum Gasteiger partial charge on any atom is -0.489 e. The predicted molar refractivity (Wildman–Crippen MR) is 123 cm³/mol. The summed E-state index contributed by atoms with van der Waals surface area (Å²) in [7, 11) is 1.51. The normalized spacial score (nSPS) is 17.4.